The van der Waals surface area contributed by atoms with Crippen molar-refractivity contribution in [3.8, 4) is 0 Å². The minimum absolute atomic E-state index is 0.572. The van der Waals surface area contributed by atoms with E-state index in [-0.39, 0.29) is 0 Å². The fourth-order valence-electron chi connectivity index (χ4n) is 1.64. The fourth-order valence-corrected chi connectivity index (χ4v) is 1.64. The van der Waals surface area contributed by atoms with Crippen molar-refractivity contribution in [1.29, 1.82) is 0 Å². The quantitative estimate of drug-likeness (QED) is 0.411. The normalized spacial score (nSPS) is 24.9. The van der Waals surface area contributed by atoms with Crippen LogP contribution in [0.5, 0.6) is 0 Å². The van der Waals surface area contributed by atoms with Crippen LogP contribution in [0.2, 0.25) is 0 Å². The number of nitrogens with zero attached hydrogens (tertiary/aromatic N) is 3. The number of urea groups is 1. The molecule has 0 unspecified atom stereocenters. The van der Waals surface area contributed by atoms with E-state index in [2.05, 4.69) is 4.90 Å². The van der Waals surface area contributed by atoms with Crippen LogP contribution in [0, 0.1) is 0 Å². The Hall–Kier alpha value is -1.47. The van der Waals surface area contributed by atoms with Gasteiger partial charge in [-0.3, -0.25) is 14.9 Å². The highest BCUT2D eigenvalue weighted by molar-refractivity contribution is 6.44. The number of carbonyl (C=O) groups is 3. The number of piperazine rings is 1. The van der Waals surface area contributed by atoms with Gasteiger partial charge in [-0.1, -0.05) is 0 Å². The summed E-state index contributed by atoms with van der Waals surface area (Å²) in [4.78, 5) is 35.7. The Balaban J connectivity index is 2.07. The Kier molecular flexibility index (Phi) is 2.41. The first-order valence-electron chi connectivity index (χ1n) is 4.72. The summed E-state index contributed by atoms with van der Waals surface area (Å²) in [5.41, 5.74) is 0. The number of hydrazine groups is 1. The van der Waals surface area contributed by atoms with Gasteiger partial charge < -0.3 is 4.90 Å². The lowest BCUT2D eigenvalue weighted by Gasteiger charge is -2.35. The average Bonchev–Trinajstić information content (AvgIpc) is 2.44. The molecule has 15 heavy (non-hydrogen) atoms. The third kappa shape index (κ3) is 1.71. The van der Waals surface area contributed by atoms with E-state index in [9.17, 15) is 14.4 Å². The summed E-state index contributed by atoms with van der Waals surface area (Å²) < 4.78 is 0. The predicted molar refractivity (Wildman–Crippen MR) is 49.5 cm³/mol. The molecule has 0 spiro atoms. The van der Waals surface area contributed by atoms with E-state index in [1.165, 1.54) is 0 Å². The lowest BCUT2D eigenvalue weighted by molar-refractivity contribution is -0.149. The maximum Gasteiger partial charge on any atom is 0.346 e. The Morgan fingerprint density at radius 2 is 1.67 bits per heavy atom. The van der Waals surface area contributed by atoms with E-state index in [0.717, 1.165) is 18.1 Å². The van der Waals surface area contributed by atoms with Gasteiger partial charge in [-0.2, -0.15) is 5.01 Å². The molecule has 4 amide bonds. The Morgan fingerprint density at radius 1 is 1.07 bits per heavy atom. The monoisotopic (exact) mass is 212 g/mol. The van der Waals surface area contributed by atoms with Crippen LogP contribution in [0.4, 0.5) is 4.79 Å². The summed E-state index contributed by atoms with van der Waals surface area (Å²) in [7, 11) is 1.97. The van der Waals surface area contributed by atoms with Crippen LogP contribution in [-0.4, -0.2) is 66.0 Å². The van der Waals surface area contributed by atoms with Crippen LogP contribution in [0.25, 0.3) is 0 Å². The molecule has 2 saturated heterocycles. The van der Waals surface area contributed by atoms with E-state index in [4.69, 9.17) is 0 Å². The third-order valence-corrected chi connectivity index (χ3v) is 2.56. The molecule has 0 aliphatic carbocycles. The van der Waals surface area contributed by atoms with E-state index in [1.54, 1.807) is 5.01 Å². The number of carbonyl (C=O) groups excluding carboxylic acids is 3. The first kappa shape index (κ1) is 10.1. The van der Waals surface area contributed by atoms with Crippen LogP contribution in [0.3, 0.4) is 0 Å². The zero-order valence-electron chi connectivity index (χ0n) is 8.39. The highest BCUT2D eigenvalue weighted by Crippen LogP contribution is 2.09. The van der Waals surface area contributed by atoms with E-state index in [1.807, 2.05) is 12.4 Å². The lowest BCUT2D eigenvalue weighted by Crippen LogP contribution is -2.55. The number of nitrogens with one attached hydrogen (secondary N) is 1. The first-order chi connectivity index (χ1) is 7.09. The van der Waals surface area contributed by atoms with Gasteiger partial charge in [0.1, 0.15) is 0 Å². The highest BCUT2D eigenvalue weighted by atomic mass is 16.2. The number of likely N-dealkylation sites (N-methyl/N-ethyl adjacent to an activating group) is 1. The van der Waals surface area contributed by atoms with Crippen molar-refractivity contribution < 1.29 is 14.4 Å². The van der Waals surface area contributed by atoms with Gasteiger partial charge in [0.15, 0.2) is 0 Å². The third-order valence-electron chi connectivity index (χ3n) is 2.56. The molecule has 2 heterocycles. The molecule has 2 aliphatic heterocycles. The summed E-state index contributed by atoms with van der Waals surface area (Å²) in [6, 6.07) is -0.644. The molecule has 0 radical (unpaired) electrons. The van der Waals surface area contributed by atoms with Crippen LogP contribution < -0.4 is 5.32 Å². The van der Waals surface area contributed by atoms with Gasteiger partial charge >= 0.3 is 17.8 Å². The second kappa shape index (κ2) is 3.59. The number of hydrogen-bond donors (Lipinski definition) is 1. The largest absolute Gasteiger partial charge is 0.346 e. The van der Waals surface area contributed by atoms with Gasteiger partial charge in [-0.25, -0.2) is 9.80 Å². The SMILES string of the molecule is CN1CCN(N2C(=O)NC(=O)C2=O)CC1. The summed E-state index contributed by atoms with van der Waals surface area (Å²) in [6.07, 6.45) is 0. The lowest BCUT2D eigenvalue weighted by atomic mass is 10.4. The molecule has 0 saturated carbocycles. The van der Waals surface area contributed by atoms with Gasteiger partial charge in [-0.15, -0.1) is 0 Å². The summed E-state index contributed by atoms with van der Waals surface area (Å²) in [5, 5.41) is 4.47. The minimum atomic E-state index is -0.848. The Morgan fingerprint density at radius 3 is 2.13 bits per heavy atom. The van der Waals surface area contributed by atoms with Crippen molar-refractivity contribution in [1.82, 2.24) is 20.2 Å². The minimum Gasteiger partial charge on any atom is -0.304 e. The van der Waals surface area contributed by atoms with E-state index >= 15 is 0 Å². The standard InChI is InChI=1S/C8H12N4O3/c1-10-2-4-11(5-3-10)12-7(14)6(13)9-8(12)15/h2-5H2,1H3,(H,9,13,15). The second-order valence-corrected chi connectivity index (χ2v) is 3.63. The molecule has 2 aliphatic rings. The second-order valence-electron chi connectivity index (χ2n) is 3.63. The predicted octanol–water partition coefficient (Wildman–Crippen LogP) is -1.77. The van der Waals surface area contributed by atoms with E-state index in [0.29, 0.717) is 13.1 Å². The number of hydrogen-bond acceptors (Lipinski definition) is 5. The molecule has 2 fully saturated rings. The van der Waals surface area contributed by atoms with Crippen LogP contribution in [0.15, 0.2) is 0 Å². The number of rotatable bonds is 1. The Labute approximate surface area is 86.6 Å². The van der Waals surface area contributed by atoms with Crippen LogP contribution >= 0.6 is 0 Å². The van der Waals surface area contributed by atoms with E-state index < -0.39 is 17.8 Å². The van der Waals surface area contributed by atoms with Crippen molar-refractivity contribution in [2.75, 3.05) is 33.2 Å². The topological polar surface area (TPSA) is 73.0 Å². The van der Waals surface area contributed by atoms with Gasteiger partial charge in [0.25, 0.3) is 0 Å². The average molecular weight is 212 g/mol. The number of amides is 4. The van der Waals surface area contributed by atoms with Crippen molar-refractivity contribution >= 4 is 17.8 Å². The summed E-state index contributed by atoms with van der Waals surface area (Å²) in [6.45, 7) is 2.68. The molecule has 1 N–H and O–H groups in total. The van der Waals surface area contributed by atoms with Gasteiger partial charge in [-0.05, 0) is 7.05 Å². The molecule has 7 heteroatoms. The molecule has 0 bridgehead atoms. The molecule has 82 valence electrons. The molecule has 0 aromatic heterocycles. The molecular weight excluding hydrogens is 200 g/mol. The molecule has 0 atom stereocenters. The maximum absolute atomic E-state index is 11.3. The van der Waals surface area contributed by atoms with Crippen LogP contribution in [-0.2, 0) is 9.59 Å². The zero-order chi connectivity index (χ0) is 11.0. The summed E-state index contributed by atoms with van der Waals surface area (Å²) in [5.74, 6) is -1.64. The highest BCUT2D eigenvalue weighted by Gasteiger charge is 2.41. The number of imide groups is 2. The molecular formula is C8H12N4O3. The molecule has 0 aromatic carbocycles. The van der Waals surface area contributed by atoms with Crippen molar-refractivity contribution in [2.24, 2.45) is 0 Å². The fraction of sp³-hybridized carbons (Fsp3) is 0.625. The zero-order valence-corrected chi connectivity index (χ0v) is 8.39. The van der Waals surface area contributed by atoms with Crippen molar-refractivity contribution in [3.05, 3.63) is 0 Å². The Bertz CT molecular complexity index is 322. The summed E-state index contributed by atoms with van der Waals surface area (Å²) >= 11 is 0. The van der Waals surface area contributed by atoms with Crippen LogP contribution in [0.1, 0.15) is 0 Å². The van der Waals surface area contributed by atoms with Crippen molar-refractivity contribution in [3.63, 3.8) is 0 Å². The molecule has 2 rings (SSSR count). The smallest absolute Gasteiger partial charge is 0.304 e. The van der Waals surface area contributed by atoms with Gasteiger partial charge in [0, 0.05) is 26.2 Å². The molecule has 0 aromatic rings. The van der Waals surface area contributed by atoms with Crippen molar-refractivity contribution in [2.45, 2.75) is 0 Å². The van der Waals surface area contributed by atoms with Gasteiger partial charge in [0.2, 0.25) is 0 Å². The van der Waals surface area contributed by atoms with Gasteiger partial charge in [0.05, 0.1) is 0 Å². The maximum atomic E-state index is 11.3. The first-order valence-corrected chi connectivity index (χ1v) is 4.72. The molecule has 7 nitrogen and oxygen atoms in total.